The van der Waals surface area contributed by atoms with Crippen molar-refractivity contribution in [3.8, 4) is 0 Å². The van der Waals surface area contributed by atoms with E-state index in [-0.39, 0.29) is 0 Å². The maximum Gasteiger partial charge on any atom is 0.0409 e. The second-order valence-electron chi connectivity index (χ2n) is 3.43. The first-order chi connectivity index (χ1) is 4.79. The summed E-state index contributed by atoms with van der Waals surface area (Å²) in [5.74, 6) is 5.79. The van der Waals surface area contributed by atoms with E-state index in [1.54, 1.807) is 0 Å². The maximum atomic E-state index is 5.79. The molecule has 58 valence electrons. The van der Waals surface area contributed by atoms with Gasteiger partial charge in [0.15, 0.2) is 0 Å². The average Bonchev–Trinajstić information content (AvgIpc) is 2.41. The van der Waals surface area contributed by atoms with Gasteiger partial charge in [-0.2, -0.15) is 0 Å². The maximum absolute atomic E-state index is 5.79. The lowest BCUT2D eigenvalue weighted by atomic mass is 10.1. The Morgan fingerprint density at radius 2 is 1.90 bits per heavy atom. The van der Waals surface area contributed by atoms with Gasteiger partial charge in [-0.3, -0.25) is 5.84 Å². The lowest BCUT2D eigenvalue weighted by molar-refractivity contribution is 0.245. The van der Waals surface area contributed by atoms with Crippen molar-refractivity contribution < 1.29 is 0 Å². The topological polar surface area (TPSA) is 32.5 Å². The Labute approximate surface area is 61.7 Å². The van der Waals surface area contributed by atoms with Crippen molar-refractivity contribution in [2.45, 2.75) is 24.9 Å². The molecule has 0 aliphatic carbocycles. The zero-order valence-corrected chi connectivity index (χ0v) is 6.45. The molecule has 0 aromatic heterocycles. The summed E-state index contributed by atoms with van der Waals surface area (Å²) in [5, 5.41) is 2.01. The fourth-order valence-electron chi connectivity index (χ4n) is 2.23. The van der Waals surface area contributed by atoms with Crippen molar-refractivity contribution in [1.29, 1.82) is 0 Å². The van der Waals surface area contributed by atoms with Crippen molar-refractivity contribution in [3.63, 3.8) is 0 Å². The van der Waals surface area contributed by atoms with Crippen molar-refractivity contribution in [2.24, 2.45) is 5.84 Å². The molecule has 0 aromatic carbocycles. The molecule has 2 aliphatic rings. The highest BCUT2D eigenvalue weighted by Gasteiger charge is 2.39. The van der Waals surface area contributed by atoms with Crippen LogP contribution in [0.5, 0.6) is 0 Å². The molecule has 2 atom stereocenters. The molecule has 0 amide bonds. The summed E-state index contributed by atoms with van der Waals surface area (Å²) >= 11 is 0. The summed E-state index contributed by atoms with van der Waals surface area (Å²) in [5.41, 5.74) is 0. The summed E-state index contributed by atoms with van der Waals surface area (Å²) < 4.78 is 0. The fourth-order valence-corrected chi connectivity index (χ4v) is 2.23. The standard InChI is InChI=1S/C7H15N3/c1-9-4-2-7-6(9)3-5-10(7)8/h6-7H,2-5,8H2,1H3. The van der Waals surface area contributed by atoms with Gasteiger partial charge in [0.05, 0.1) is 0 Å². The molecule has 2 unspecified atom stereocenters. The molecule has 2 heterocycles. The molecular formula is C7H15N3. The van der Waals surface area contributed by atoms with Gasteiger partial charge < -0.3 is 4.90 Å². The van der Waals surface area contributed by atoms with Gasteiger partial charge in [0.25, 0.3) is 0 Å². The first-order valence-corrected chi connectivity index (χ1v) is 4.00. The van der Waals surface area contributed by atoms with Crippen molar-refractivity contribution >= 4 is 0 Å². The molecule has 3 heteroatoms. The molecule has 2 rings (SSSR count). The average molecular weight is 141 g/mol. The predicted octanol–water partition coefficient (Wildman–Crippen LogP) is -0.361. The number of hydrogen-bond acceptors (Lipinski definition) is 3. The van der Waals surface area contributed by atoms with Crippen LogP contribution in [0.2, 0.25) is 0 Å². The molecule has 0 bridgehead atoms. The number of likely N-dealkylation sites (N-methyl/N-ethyl adjacent to an activating group) is 1. The van der Waals surface area contributed by atoms with E-state index >= 15 is 0 Å². The van der Waals surface area contributed by atoms with Gasteiger partial charge in [-0.1, -0.05) is 0 Å². The van der Waals surface area contributed by atoms with Crippen LogP contribution >= 0.6 is 0 Å². The minimum Gasteiger partial charge on any atom is -0.302 e. The van der Waals surface area contributed by atoms with Crippen LogP contribution in [0.4, 0.5) is 0 Å². The van der Waals surface area contributed by atoms with Crippen molar-refractivity contribution in [1.82, 2.24) is 9.91 Å². The first kappa shape index (κ1) is 6.58. The number of nitrogens with zero attached hydrogens (tertiary/aromatic N) is 2. The molecule has 2 N–H and O–H groups in total. The third-order valence-electron chi connectivity index (χ3n) is 2.90. The lowest BCUT2D eigenvalue weighted by Gasteiger charge is -2.19. The lowest BCUT2D eigenvalue weighted by Crippen LogP contribution is -2.39. The zero-order valence-electron chi connectivity index (χ0n) is 6.45. The second-order valence-corrected chi connectivity index (χ2v) is 3.43. The zero-order chi connectivity index (χ0) is 7.14. The highest BCUT2D eigenvalue weighted by atomic mass is 15.5. The number of hydrogen-bond donors (Lipinski definition) is 1. The molecule has 2 aliphatic heterocycles. The van der Waals surface area contributed by atoms with E-state index in [2.05, 4.69) is 11.9 Å². The van der Waals surface area contributed by atoms with Gasteiger partial charge in [-0.15, -0.1) is 0 Å². The Bertz CT molecular complexity index is 121. The van der Waals surface area contributed by atoms with E-state index in [9.17, 15) is 0 Å². The second kappa shape index (κ2) is 2.19. The Hall–Kier alpha value is -0.120. The third-order valence-corrected chi connectivity index (χ3v) is 2.90. The molecule has 2 saturated heterocycles. The quantitative estimate of drug-likeness (QED) is 0.467. The molecule has 0 aromatic rings. The summed E-state index contributed by atoms with van der Waals surface area (Å²) in [4.78, 5) is 2.43. The predicted molar refractivity (Wildman–Crippen MR) is 40.3 cm³/mol. The first-order valence-electron chi connectivity index (χ1n) is 4.00. The van der Waals surface area contributed by atoms with Gasteiger partial charge in [-0.05, 0) is 26.4 Å². The third kappa shape index (κ3) is 0.779. The van der Waals surface area contributed by atoms with Gasteiger partial charge >= 0.3 is 0 Å². The van der Waals surface area contributed by atoms with Crippen LogP contribution in [0.1, 0.15) is 12.8 Å². The minimum absolute atomic E-state index is 0.657. The molecule has 0 spiro atoms. The summed E-state index contributed by atoms with van der Waals surface area (Å²) in [6, 6.07) is 1.41. The number of nitrogens with two attached hydrogens (primary N) is 1. The molecule has 0 saturated carbocycles. The van der Waals surface area contributed by atoms with Gasteiger partial charge in [-0.25, -0.2) is 5.01 Å². The Morgan fingerprint density at radius 3 is 2.60 bits per heavy atom. The van der Waals surface area contributed by atoms with E-state index < -0.39 is 0 Å². The molecule has 0 radical (unpaired) electrons. The van der Waals surface area contributed by atoms with Crippen molar-refractivity contribution in [3.05, 3.63) is 0 Å². The van der Waals surface area contributed by atoms with E-state index in [4.69, 9.17) is 5.84 Å². The number of hydrazine groups is 1. The van der Waals surface area contributed by atoms with Gasteiger partial charge in [0.2, 0.25) is 0 Å². The van der Waals surface area contributed by atoms with Crippen LogP contribution in [0, 0.1) is 0 Å². The van der Waals surface area contributed by atoms with E-state index in [1.165, 1.54) is 19.4 Å². The minimum atomic E-state index is 0.657. The Balaban J connectivity index is 2.09. The molecule has 2 fully saturated rings. The largest absolute Gasteiger partial charge is 0.302 e. The number of likely N-dealkylation sites (tertiary alicyclic amines) is 1. The van der Waals surface area contributed by atoms with E-state index in [1.807, 2.05) is 5.01 Å². The fraction of sp³-hybridized carbons (Fsp3) is 1.00. The van der Waals surface area contributed by atoms with Crippen LogP contribution < -0.4 is 5.84 Å². The van der Waals surface area contributed by atoms with Gasteiger partial charge in [0, 0.05) is 18.6 Å². The highest BCUT2D eigenvalue weighted by Crippen LogP contribution is 2.27. The summed E-state index contributed by atoms with van der Waals surface area (Å²) in [6.07, 6.45) is 2.52. The molecule has 3 nitrogen and oxygen atoms in total. The monoisotopic (exact) mass is 141 g/mol. The molecule has 10 heavy (non-hydrogen) atoms. The highest BCUT2D eigenvalue weighted by molar-refractivity contribution is 4.95. The normalized spacial score (nSPS) is 42.6. The van der Waals surface area contributed by atoms with E-state index in [0.29, 0.717) is 6.04 Å². The SMILES string of the molecule is CN1CCC2C1CCN2N. The number of rotatable bonds is 0. The van der Waals surface area contributed by atoms with Crippen molar-refractivity contribution in [2.75, 3.05) is 20.1 Å². The van der Waals surface area contributed by atoms with Crippen LogP contribution in [0.3, 0.4) is 0 Å². The van der Waals surface area contributed by atoms with Crippen LogP contribution in [-0.2, 0) is 0 Å². The van der Waals surface area contributed by atoms with Crippen LogP contribution in [0.25, 0.3) is 0 Å². The van der Waals surface area contributed by atoms with Gasteiger partial charge in [0.1, 0.15) is 0 Å². The Morgan fingerprint density at radius 1 is 1.20 bits per heavy atom. The molecular weight excluding hydrogens is 126 g/mol. The van der Waals surface area contributed by atoms with Crippen LogP contribution in [0.15, 0.2) is 0 Å². The van der Waals surface area contributed by atoms with E-state index in [0.717, 1.165) is 12.6 Å². The van der Waals surface area contributed by atoms with Crippen LogP contribution in [-0.4, -0.2) is 42.1 Å². The smallest absolute Gasteiger partial charge is 0.0409 e. The summed E-state index contributed by atoms with van der Waals surface area (Å²) in [6.45, 7) is 2.31. The number of fused-ring (bicyclic) bond motifs is 1. The summed E-state index contributed by atoms with van der Waals surface area (Å²) in [7, 11) is 2.20. The Kier molecular flexibility index (Phi) is 1.44.